The molecule has 10 nitrogen and oxygen atoms in total. The maximum Gasteiger partial charge on any atom is 0.329 e. The molecule has 2 aromatic heterocycles. The van der Waals surface area contributed by atoms with Crippen molar-refractivity contribution in [3.63, 3.8) is 0 Å². The third-order valence-corrected chi connectivity index (χ3v) is 8.60. The number of nitrogens with zero attached hydrogens (tertiary/aromatic N) is 6. The second kappa shape index (κ2) is 12.4. The zero-order valence-electron chi connectivity index (χ0n) is 24.8. The number of nitriles is 1. The van der Waals surface area contributed by atoms with Gasteiger partial charge in [-0.25, -0.2) is 4.79 Å². The van der Waals surface area contributed by atoms with E-state index in [4.69, 9.17) is 4.98 Å². The molecule has 2 atom stereocenters. The molecule has 0 radical (unpaired) electrons. The van der Waals surface area contributed by atoms with Crippen molar-refractivity contribution in [2.75, 3.05) is 29.4 Å². The molecule has 6 rings (SSSR count). The standard InChI is InChI=1S/C33H38N8O2/c1-3-4-17-35-26-13-9-18-39(21-26)33-40(20-25-12-6-5-11-24(25)19-34)29-30(42)37-32(43)38(2)31(29)41(33)22-27-16-15-23-10-7-8-14-28(23)36-27/h5-8,10-12,14-16,26,33,35H,3-4,9,13,17-18,20-22H2,1-2H3,(H,37,42,43)/t26-,33?/m1/s1. The van der Waals surface area contributed by atoms with Crippen molar-refractivity contribution in [2.24, 2.45) is 7.05 Å². The van der Waals surface area contributed by atoms with Crippen LogP contribution in [-0.2, 0) is 20.1 Å². The fraction of sp³-hybridized carbons (Fsp3) is 0.394. The number of pyridine rings is 1. The minimum Gasteiger partial charge on any atom is -0.327 e. The number of H-pyrrole nitrogens is 1. The van der Waals surface area contributed by atoms with Gasteiger partial charge in [-0.3, -0.25) is 24.2 Å². The first-order valence-corrected chi connectivity index (χ1v) is 15.1. The number of aromatic amines is 1. The molecule has 0 aliphatic carbocycles. The summed E-state index contributed by atoms with van der Waals surface area (Å²) in [7, 11) is 1.70. The number of nitrogens with one attached hydrogen (secondary N) is 2. The van der Waals surface area contributed by atoms with E-state index in [1.54, 1.807) is 13.1 Å². The van der Waals surface area contributed by atoms with Gasteiger partial charge in [0, 0.05) is 38.1 Å². The van der Waals surface area contributed by atoms with Gasteiger partial charge in [-0.1, -0.05) is 55.8 Å². The molecule has 2 aromatic carbocycles. The molecule has 1 saturated heterocycles. The molecule has 2 N–H and O–H groups in total. The molecule has 10 heteroatoms. The Morgan fingerprint density at radius 2 is 1.86 bits per heavy atom. The van der Waals surface area contributed by atoms with E-state index >= 15 is 0 Å². The number of rotatable bonds is 9. The molecule has 0 saturated carbocycles. The van der Waals surface area contributed by atoms with Gasteiger partial charge in [-0.15, -0.1) is 0 Å². The molecule has 1 fully saturated rings. The molecule has 0 amide bonds. The Hall–Kier alpha value is -4.46. The maximum absolute atomic E-state index is 13.6. The van der Waals surface area contributed by atoms with E-state index < -0.39 is 11.2 Å². The van der Waals surface area contributed by atoms with E-state index in [0.29, 0.717) is 36.2 Å². The van der Waals surface area contributed by atoms with Gasteiger partial charge < -0.3 is 15.1 Å². The monoisotopic (exact) mass is 578 g/mol. The van der Waals surface area contributed by atoms with E-state index in [2.05, 4.69) is 44.1 Å². The average molecular weight is 579 g/mol. The molecule has 0 spiro atoms. The highest BCUT2D eigenvalue weighted by atomic mass is 16.2. The fourth-order valence-electron chi connectivity index (χ4n) is 6.48. The Bertz CT molecular complexity index is 1770. The van der Waals surface area contributed by atoms with Crippen LogP contribution in [0.25, 0.3) is 10.9 Å². The second-order valence-electron chi connectivity index (χ2n) is 11.5. The zero-order valence-corrected chi connectivity index (χ0v) is 24.8. The van der Waals surface area contributed by atoms with Gasteiger partial charge >= 0.3 is 5.69 Å². The number of benzene rings is 2. The Labute approximate surface area is 251 Å². The number of hydrogen-bond donors (Lipinski definition) is 2. The lowest BCUT2D eigenvalue weighted by Crippen LogP contribution is -2.60. The first-order chi connectivity index (χ1) is 21.0. The molecule has 2 aliphatic rings. The number of aromatic nitrogens is 3. The number of hydrogen-bond acceptors (Lipinski definition) is 8. The molecule has 2 aliphatic heterocycles. The first-order valence-electron chi connectivity index (χ1n) is 15.1. The highest BCUT2D eigenvalue weighted by molar-refractivity contribution is 5.79. The highest BCUT2D eigenvalue weighted by Gasteiger charge is 2.44. The maximum atomic E-state index is 13.6. The van der Waals surface area contributed by atoms with Crippen molar-refractivity contribution < 1.29 is 0 Å². The van der Waals surface area contributed by atoms with Crippen LogP contribution in [-0.4, -0.2) is 51.4 Å². The third-order valence-electron chi connectivity index (χ3n) is 8.60. The summed E-state index contributed by atoms with van der Waals surface area (Å²) in [6.45, 7) is 5.55. The number of likely N-dealkylation sites (tertiary alicyclic amines) is 1. The summed E-state index contributed by atoms with van der Waals surface area (Å²) in [6, 6.07) is 22.2. The van der Waals surface area contributed by atoms with Crippen LogP contribution in [0.4, 0.5) is 11.5 Å². The SMILES string of the molecule is CCCCN[C@@H]1CCCN(C2N(Cc3ccccc3C#N)c3c(n(C)c(=O)[nH]c3=O)N2Cc2ccc3ccccc3n2)C1. The van der Waals surface area contributed by atoms with Gasteiger partial charge in [-0.05, 0) is 49.6 Å². The minimum atomic E-state index is -0.462. The number of unbranched alkanes of at least 4 members (excludes halogenated alkanes) is 1. The molecule has 4 aromatic rings. The Morgan fingerprint density at radius 3 is 2.70 bits per heavy atom. The van der Waals surface area contributed by atoms with E-state index in [1.165, 1.54) is 4.57 Å². The van der Waals surface area contributed by atoms with Crippen LogP contribution in [0.15, 0.2) is 70.3 Å². The minimum absolute atomic E-state index is 0.319. The second-order valence-corrected chi connectivity index (χ2v) is 11.5. The van der Waals surface area contributed by atoms with Gasteiger partial charge in [0.15, 0.2) is 6.29 Å². The molecule has 222 valence electrons. The van der Waals surface area contributed by atoms with Crippen LogP contribution in [0.1, 0.15) is 49.4 Å². The Kier molecular flexibility index (Phi) is 8.27. The largest absolute Gasteiger partial charge is 0.329 e. The summed E-state index contributed by atoms with van der Waals surface area (Å²) in [5.74, 6) is 0.559. The quantitative estimate of drug-likeness (QED) is 0.290. The average Bonchev–Trinajstić information content (AvgIpc) is 3.34. The fourth-order valence-corrected chi connectivity index (χ4v) is 6.48. The van der Waals surface area contributed by atoms with Crippen LogP contribution < -0.4 is 26.4 Å². The van der Waals surface area contributed by atoms with E-state index in [0.717, 1.165) is 67.5 Å². The van der Waals surface area contributed by atoms with Crippen molar-refractivity contribution in [3.8, 4) is 6.07 Å². The molecule has 4 heterocycles. The van der Waals surface area contributed by atoms with Gasteiger partial charge in [0.25, 0.3) is 5.56 Å². The van der Waals surface area contributed by atoms with Crippen LogP contribution >= 0.6 is 0 Å². The van der Waals surface area contributed by atoms with Gasteiger partial charge in [0.2, 0.25) is 0 Å². The lowest BCUT2D eigenvalue weighted by atomic mass is 10.0. The molecular formula is C33H38N8O2. The predicted octanol–water partition coefficient (Wildman–Crippen LogP) is 3.66. The van der Waals surface area contributed by atoms with Crippen LogP contribution in [0, 0.1) is 11.3 Å². The first kappa shape index (κ1) is 28.6. The smallest absolute Gasteiger partial charge is 0.327 e. The third kappa shape index (κ3) is 5.66. The summed E-state index contributed by atoms with van der Waals surface area (Å²) in [5, 5.41) is 14.7. The normalized spacial score (nSPS) is 18.6. The molecular weight excluding hydrogens is 540 g/mol. The van der Waals surface area contributed by atoms with Gasteiger partial charge in [0.1, 0.15) is 11.5 Å². The highest BCUT2D eigenvalue weighted by Crippen LogP contribution is 2.40. The van der Waals surface area contributed by atoms with Crippen molar-refractivity contribution in [2.45, 2.75) is 58.0 Å². The summed E-state index contributed by atoms with van der Waals surface area (Å²) in [5.41, 5.74) is 2.68. The Balaban J connectivity index is 1.47. The lowest BCUT2D eigenvalue weighted by Gasteiger charge is -2.44. The van der Waals surface area contributed by atoms with Gasteiger partial charge in [-0.2, -0.15) is 5.26 Å². The van der Waals surface area contributed by atoms with E-state index in [9.17, 15) is 14.9 Å². The summed E-state index contributed by atoms with van der Waals surface area (Å²) in [4.78, 5) is 40.7. The number of para-hydroxylation sites is 1. The zero-order chi connectivity index (χ0) is 29.9. The van der Waals surface area contributed by atoms with E-state index in [-0.39, 0.29) is 6.29 Å². The number of fused-ring (bicyclic) bond motifs is 2. The van der Waals surface area contributed by atoms with Crippen LogP contribution in [0.3, 0.4) is 0 Å². The Morgan fingerprint density at radius 1 is 1.05 bits per heavy atom. The number of piperidine rings is 1. The van der Waals surface area contributed by atoms with E-state index in [1.807, 2.05) is 48.5 Å². The summed E-state index contributed by atoms with van der Waals surface area (Å²) >= 11 is 0. The summed E-state index contributed by atoms with van der Waals surface area (Å²) in [6.07, 6.45) is 4.00. The van der Waals surface area contributed by atoms with Crippen molar-refractivity contribution in [1.29, 1.82) is 5.26 Å². The predicted molar refractivity (Wildman–Crippen MR) is 169 cm³/mol. The lowest BCUT2D eigenvalue weighted by molar-refractivity contribution is 0.131. The van der Waals surface area contributed by atoms with Crippen LogP contribution in [0.2, 0.25) is 0 Å². The van der Waals surface area contributed by atoms with Crippen molar-refractivity contribution >= 4 is 22.4 Å². The van der Waals surface area contributed by atoms with Crippen molar-refractivity contribution in [1.82, 2.24) is 24.8 Å². The number of anilines is 2. The molecule has 0 bridgehead atoms. The molecule has 1 unspecified atom stereocenters. The van der Waals surface area contributed by atoms with Gasteiger partial charge in [0.05, 0.1) is 29.4 Å². The van der Waals surface area contributed by atoms with Crippen molar-refractivity contribution in [3.05, 3.63) is 98.3 Å². The molecule has 43 heavy (non-hydrogen) atoms. The summed E-state index contributed by atoms with van der Waals surface area (Å²) < 4.78 is 1.53. The topological polar surface area (TPSA) is 113 Å². The van der Waals surface area contributed by atoms with Crippen LogP contribution in [0.5, 0.6) is 0 Å².